The van der Waals surface area contributed by atoms with Crippen LogP contribution in [-0.4, -0.2) is 33.2 Å². The lowest BCUT2D eigenvalue weighted by molar-refractivity contribution is -0.125. The highest BCUT2D eigenvalue weighted by molar-refractivity contribution is 7.91. The molecule has 1 N–H and O–H groups in total. The first-order chi connectivity index (χ1) is 15.7. The maximum atomic E-state index is 12.9. The van der Waals surface area contributed by atoms with E-state index in [4.69, 9.17) is 9.47 Å². The van der Waals surface area contributed by atoms with E-state index in [0.717, 1.165) is 24.3 Å². The molecule has 3 aromatic carbocycles. The van der Waals surface area contributed by atoms with Crippen molar-refractivity contribution >= 4 is 27.4 Å². The number of rotatable bonds is 8. The van der Waals surface area contributed by atoms with Crippen LogP contribution in [0.1, 0.15) is 22.0 Å². The minimum Gasteiger partial charge on any atom is -0.497 e. The Bertz CT molecular complexity index is 1230. The van der Waals surface area contributed by atoms with Gasteiger partial charge in [0.1, 0.15) is 5.75 Å². The second kappa shape index (κ2) is 10.2. The van der Waals surface area contributed by atoms with Gasteiger partial charge in [-0.3, -0.25) is 4.79 Å². The molecule has 1 amide bonds. The van der Waals surface area contributed by atoms with E-state index in [9.17, 15) is 26.8 Å². The molecule has 0 aromatic heterocycles. The molecule has 0 fully saturated rings. The maximum absolute atomic E-state index is 12.9. The van der Waals surface area contributed by atoms with Crippen LogP contribution in [0.3, 0.4) is 0 Å². The molecule has 0 spiro atoms. The average molecular weight is 475 g/mol. The average Bonchev–Trinajstić information content (AvgIpc) is 2.83. The molecule has 3 aromatic rings. The highest BCUT2D eigenvalue weighted by Gasteiger charge is 2.28. The van der Waals surface area contributed by atoms with Gasteiger partial charge in [0, 0.05) is 17.3 Å². The maximum Gasteiger partial charge on any atom is 0.341 e. The molecule has 0 bridgehead atoms. The number of ether oxygens (including phenoxy) is 2. The van der Waals surface area contributed by atoms with E-state index < -0.39 is 38.5 Å². The smallest absolute Gasteiger partial charge is 0.341 e. The Morgan fingerprint density at radius 1 is 0.909 bits per heavy atom. The monoisotopic (exact) mass is 475 g/mol. The van der Waals surface area contributed by atoms with Gasteiger partial charge in [0.25, 0.3) is 5.91 Å². The predicted octanol–water partition coefficient (Wildman–Crippen LogP) is 4.23. The number of methoxy groups -OCH3 is 1. The summed E-state index contributed by atoms with van der Waals surface area (Å²) in [6, 6.07) is 18.7. The Morgan fingerprint density at radius 3 is 2.18 bits per heavy atom. The molecule has 3 rings (SSSR count). The van der Waals surface area contributed by atoms with E-state index in [2.05, 4.69) is 5.32 Å². The number of halogens is 2. The van der Waals surface area contributed by atoms with Crippen LogP contribution in [0.4, 0.5) is 14.5 Å². The molecule has 0 saturated carbocycles. The second-order valence-corrected chi connectivity index (χ2v) is 8.67. The summed E-state index contributed by atoms with van der Waals surface area (Å²) in [4.78, 5) is 25.0. The van der Waals surface area contributed by atoms with Crippen LogP contribution in [0.15, 0.2) is 83.8 Å². The predicted molar refractivity (Wildman–Crippen MR) is 116 cm³/mol. The van der Waals surface area contributed by atoms with Gasteiger partial charge in [-0.2, -0.15) is 8.78 Å². The number of hydrogen-bond acceptors (Lipinski definition) is 6. The fourth-order valence-electron chi connectivity index (χ4n) is 2.87. The van der Waals surface area contributed by atoms with Crippen molar-refractivity contribution in [3.63, 3.8) is 0 Å². The molecular weight excluding hydrogens is 456 g/mol. The van der Waals surface area contributed by atoms with Crippen molar-refractivity contribution in [3.05, 3.63) is 90.0 Å². The second-order valence-electron chi connectivity index (χ2n) is 6.75. The van der Waals surface area contributed by atoms with Crippen molar-refractivity contribution in [1.29, 1.82) is 0 Å². The molecule has 1 atom stereocenters. The van der Waals surface area contributed by atoms with Gasteiger partial charge in [0.15, 0.2) is 0 Å². The van der Waals surface area contributed by atoms with Gasteiger partial charge in [-0.1, -0.05) is 36.4 Å². The number of alkyl halides is 2. The zero-order valence-electron chi connectivity index (χ0n) is 17.3. The van der Waals surface area contributed by atoms with Gasteiger partial charge < -0.3 is 14.8 Å². The van der Waals surface area contributed by atoms with E-state index in [1.54, 1.807) is 54.6 Å². The first-order valence-electron chi connectivity index (χ1n) is 9.55. The highest BCUT2D eigenvalue weighted by Crippen LogP contribution is 2.24. The summed E-state index contributed by atoms with van der Waals surface area (Å²) in [5.74, 6) is -4.65. The molecule has 0 saturated heterocycles. The molecule has 172 valence electrons. The summed E-state index contributed by atoms with van der Waals surface area (Å²) in [5.41, 5.74) is 0.694. The van der Waals surface area contributed by atoms with Gasteiger partial charge in [0.05, 0.1) is 17.6 Å². The molecule has 0 aliphatic heterocycles. The van der Waals surface area contributed by atoms with Gasteiger partial charge in [-0.05, 0) is 36.4 Å². The molecule has 33 heavy (non-hydrogen) atoms. The van der Waals surface area contributed by atoms with E-state index in [0.29, 0.717) is 17.0 Å². The van der Waals surface area contributed by atoms with E-state index >= 15 is 0 Å². The molecular formula is C23H19F2NO6S. The summed E-state index contributed by atoms with van der Waals surface area (Å²) in [6.07, 6.45) is -1.34. The molecule has 0 aliphatic rings. The number of esters is 1. The number of amides is 1. The van der Waals surface area contributed by atoms with Gasteiger partial charge in [-0.15, -0.1) is 0 Å². The zero-order chi connectivity index (χ0) is 24.0. The van der Waals surface area contributed by atoms with Gasteiger partial charge in [0.2, 0.25) is 15.9 Å². The van der Waals surface area contributed by atoms with Gasteiger partial charge >= 0.3 is 11.7 Å². The minimum absolute atomic E-state index is 0.113. The Kier molecular flexibility index (Phi) is 7.39. The Hall–Kier alpha value is -3.79. The summed E-state index contributed by atoms with van der Waals surface area (Å²) in [7, 11) is -3.32. The van der Waals surface area contributed by atoms with E-state index in [1.165, 1.54) is 7.11 Å². The number of anilines is 1. The van der Waals surface area contributed by atoms with E-state index in [-0.39, 0.29) is 5.56 Å². The Balaban J connectivity index is 1.83. The summed E-state index contributed by atoms with van der Waals surface area (Å²) in [5, 5.41) is 2.65. The lowest BCUT2D eigenvalue weighted by atomic mass is 10.1. The minimum atomic E-state index is -4.80. The molecule has 0 unspecified atom stereocenters. The fraction of sp³-hybridized carbons (Fsp3) is 0.130. The lowest BCUT2D eigenvalue weighted by Gasteiger charge is -2.18. The number of hydrogen-bond donors (Lipinski definition) is 1. The topological polar surface area (TPSA) is 98.8 Å². The SMILES string of the molecule is COc1cccc(NC(=O)[C@@H](OC(=O)c2ccc(S(=O)(=O)C(F)F)cc2)c2ccccc2)c1. The van der Waals surface area contributed by atoms with Crippen molar-refractivity contribution in [1.82, 2.24) is 0 Å². The molecule has 10 heteroatoms. The van der Waals surface area contributed by atoms with Crippen LogP contribution < -0.4 is 10.1 Å². The number of nitrogens with one attached hydrogen (secondary N) is 1. The van der Waals surface area contributed by atoms with Gasteiger partial charge in [-0.25, -0.2) is 13.2 Å². The van der Waals surface area contributed by atoms with Crippen LogP contribution >= 0.6 is 0 Å². The van der Waals surface area contributed by atoms with Crippen molar-refractivity contribution < 1.29 is 36.3 Å². The third kappa shape index (κ3) is 5.72. The first-order valence-corrected chi connectivity index (χ1v) is 11.1. The van der Waals surface area contributed by atoms with E-state index in [1.807, 2.05) is 0 Å². The Labute approximate surface area is 188 Å². The summed E-state index contributed by atoms with van der Waals surface area (Å²) in [6.45, 7) is 0. The zero-order valence-corrected chi connectivity index (χ0v) is 18.1. The Morgan fingerprint density at radius 2 is 1.58 bits per heavy atom. The molecule has 0 heterocycles. The number of carbonyl (C=O) groups is 2. The molecule has 0 aliphatic carbocycles. The fourth-order valence-corrected chi connectivity index (χ4v) is 3.59. The van der Waals surface area contributed by atoms with Crippen LogP contribution in [0.2, 0.25) is 0 Å². The third-order valence-electron chi connectivity index (χ3n) is 4.56. The van der Waals surface area contributed by atoms with Crippen molar-refractivity contribution in [2.75, 3.05) is 12.4 Å². The summed E-state index contributed by atoms with van der Waals surface area (Å²) < 4.78 is 59.0. The van der Waals surface area contributed by atoms with Crippen LogP contribution in [-0.2, 0) is 19.4 Å². The molecule has 0 radical (unpaired) electrons. The number of benzene rings is 3. The van der Waals surface area contributed by atoms with Crippen molar-refractivity contribution in [3.8, 4) is 5.75 Å². The normalized spacial score (nSPS) is 12.1. The quantitative estimate of drug-likeness (QED) is 0.490. The van der Waals surface area contributed by atoms with Crippen molar-refractivity contribution in [2.45, 2.75) is 16.8 Å². The standard InChI is InChI=1S/C23H19F2NO6S/c1-31-18-9-5-8-17(14-18)26-21(27)20(15-6-3-2-4-7-15)32-22(28)16-10-12-19(13-11-16)33(29,30)23(24)25/h2-14,20,23H,1H3,(H,26,27)/t20-/m0/s1. The lowest BCUT2D eigenvalue weighted by Crippen LogP contribution is -2.26. The van der Waals surface area contributed by atoms with Crippen LogP contribution in [0, 0.1) is 0 Å². The largest absolute Gasteiger partial charge is 0.497 e. The number of sulfone groups is 1. The highest BCUT2D eigenvalue weighted by atomic mass is 32.2. The number of carbonyl (C=O) groups excluding carboxylic acids is 2. The first kappa shape index (κ1) is 23.9. The summed E-state index contributed by atoms with van der Waals surface area (Å²) >= 11 is 0. The molecule has 7 nitrogen and oxygen atoms in total. The van der Waals surface area contributed by atoms with Crippen molar-refractivity contribution in [2.24, 2.45) is 0 Å². The third-order valence-corrected chi connectivity index (χ3v) is 5.95. The van der Waals surface area contributed by atoms with Crippen LogP contribution in [0.25, 0.3) is 0 Å². The van der Waals surface area contributed by atoms with Crippen LogP contribution in [0.5, 0.6) is 5.75 Å².